The second-order valence-corrected chi connectivity index (χ2v) is 7.91. The second-order valence-electron chi connectivity index (χ2n) is 5.35. The third-order valence-corrected chi connectivity index (χ3v) is 5.32. The van der Waals surface area contributed by atoms with Crippen molar-refractivity contribution in [1.29, 1.82) is 0 Å². The van der Waals surface area contributed by atoms with Crippen molar-refractivity contribution in [2.45, 2.75) is 4.90 Å². The van der Waals surface area contributed by atoms with E-state index in [0.29, 0.717) is 5.69 Å². The number of anilines is 1. The van der Waals surface area contributed by atoms with Crippen LogP contribution in [0, 0.1) is 5.82 Å². The molecule has 26 heavy (non-hydrogen) atoms. The molecule has 10 heteroatoms. The van der Waals surface area contributed by atoms with Gasteiger partial charge in [-0.1, -0.05) is 0 Å². The smallest absolute Gasteiger partial charge is 0.269 e. The fraction of sp³-hybridized carbons (Fsp3) is 0.125. The molecule has 0 saturated heterocycles. The molecule has 2 aromatic rings. The molecule has 0 aromatic heterocycles. The molecule has 1 amide bonds. The Labute approximate surface area is 156 Å². The molecule has 2 aromatic carbocycles. The van der Waals surface area contributed by atoms with E-state index in [-0.39, 0.29) is 21.4 Å². The van der Waals surface area contributed by atoms with Crippen LogP contribution in [0.2, 0.25) is 0 Å². The van der Waals surface area contributed by atoms with Crippen molar-refractivity contribution < 1.29 is 17.6 Å². The highest BCUT2D eigenvalue weighted by molar-refractivity contribution is 7.89. The molecule has 2 rings (SSSR count). The lowest BCUT2D eigenvalue weighted by atomic mass is 10.2. The molecule has 0 aliphatic heterocycles. The number of benzene rings is 2. The summed E-state index contributed by atoms with van der Waals surface area (Å²) < 4.78 is 37.9. The van der Waals surface area contributed by atoms with Gasteiger partial charge < -0.3 is 5.32 Å². The van der Waals surface area contributed by atoms with Crippen molar-refractivity contribution in [3.05, 3.63) is 59.9 Å². The summed E-state index contributed by atoms with van der Waals surface area (Å²) in [4.78, 5) is 12.2. The number of carbonyl (C=O) groups excluding carboxylic acids is 1. The van der Waals surface area contributed by atoms with Crippen LogP contribution in [0.15, 0.2) is 53.4 Å². The Bertz CT molecular complexity index is 898. The molecule has 0 bridgehead atoms. The minimum atomic E-state index is -3.55. The molecule has 0 spiro atoms. The van der Waals surface area contributed by atoms with Gasteiger partial charge in [-0.3, -0.25) is 15.6 Å². The standard InChI is InChI=1S/C16H17FN4O3S2/c1-21(2)26(23,24)14-9-3-11(4-10-14)15(22)19-20-16(25)18-13-7-5-12(17)6-8-13/h3-10H,1-2H3,(H,19,22)(H2,18,20,25). The van der Waals surface area contributed by atoms with Gasteiger partial charge in [-0.05, 0) is 60.7 Å². The number of hydrogen-bond donors (Lipinski definition) is 3. The van der Waals surface area contributed by atoms with E-state index < -0.39 is 15.9 Å². The monoisotopic (exact) mass is 396 g/mol. The first-order valence-electron chi connectivity index (χ1n) is 7.35. The molecule has 0 atom stereocenters. The van der Waals surface area contributed by atoms with Crippen molar-refractivity contribution in [1.82, 2.24) is 15.2 Å². The minimum absolute atomic E-state index is 0.0838. The highest BCUT2D eigenvalue weighted by Gasteiger charge is 2.17. The Morgan fingerprint density at radius 1 is 1.00 bits per heavy atom. The van der Waals surface area contributed by atoms with E-state index in [0.717, 1.165) is 4.31 Å². The van der Waals surface area contributed by atoms with Crippen LogP contribution in [-0.2, 0) is 10.0 Å². The summed E-state index contributed by atoms with van der Waals surface area (Å²) in [6.45, 7) is 0. The molecule has 0 radical (unpaired) electrons. The van der Waals surface area contributed by atoms with Gasteiger partial charge in [0.1, 0.15) is 5.82 Å². The number of amides is 1. The van der Waals surface area contributed by atoms with Gasteiger partial charge in [0, 0.05) is 25.3 Å². The van der Waals surface area contributed by atoms with Gasteiger partial charge in [0.2, 0.25) is 10.0 Å². The summed E-state index contributed by atoms with van der Waals surface area (Å²) in [5.74, 6) is -0.871. The number of carbonyl (C=O) groups is 1. The highest BCUT2D eigenvalue weighted by atomic mass is 32.2. The molecule has 0 saturated carbocycles. The molecule has 0 aliphatic rings. The van der Waals surface area contributed by atoms with Gasteiger partial charge in [0.25, 0.3) is 5.91 Å². The van der Waals surface area contributed by atoms with Gasteiger partial charge in [0.05, 0.1) is 4.90 Å². The van der Waals surface area contributed by atoms with Crippen LogP contribution in [0.4, 0.5) is 10.1 Å². The van der Waals surface area contributed by atoms with E-state index in [1.165, 1.54) is 62.6 Å². The zero-order chi connectivity index (χ0) is 19.3. The maximum Gasteiger partial charge on any atom is 0.269 e. The van der Waals surface area contributed by atoms with E-state index in [4.69, 9.17) is 12.2 Å². The van der Waals surface area contributed by atoms with Gasteiger partial charge in [0.15, 0.2) is 5.11 Å². The van der Waals surface area contributed by atoms with Crippen molar-refractivity contribution in [2.24, 2.45) is 0 Å². The Morgan fingerprint density at radius 3 is 2.12 bits per heavy atom. The topological polar surface area (TPSA) is 90.5 Å². The number of sulfonamides is 1. The lowest BCUT2D eigenvalue weighted by Crippen LogP contribution is -2.43. The summed E-state index contributed by atoms with van der Waals surface area (Å²) in [6, 6.07) is 11.0. The molecular formula is C16H17FN4O3S2. The minimum Gasteiger partial charge on any atom is -0.331 e. The maximum absolute atomic E-state index is 12.8. The predicted molar refractivity (Wildman–Crippen MR) is 101 cm³/mol. The van der Waals surface area contributed by atoms with Crippen LogP contribution in [0.1, 0.15) is 10.4 Å². The zero-order valence-corrected chi connectivity index (χ0v) is 15.6. The summed E-state index contributed by atoms with van der Waals surface area (Å²) >= 11 is 5.02. The third kappa shape index (κ3) is 4.97. The first-order chi connectivity index (χ1) is 12.2. The van der Waals surface area contributed by atoms with E-state index >= 15 is 0 Å². The summed E-state index contributed by atoms with van der Waals surface area (Å²) in [6.07, 6.45) is 0. The number of halogens is 1. The van der Waals surface area contributed by atoms with E-state index in [2.05, 4.69) is 16.2 Å². The lowest BCUT2D eigenvalue weighted by Gasteiger charge is -2.13. The van der Waals surface area contributed by atoms with Crippen LogP contribution in [0.25, 0.3) is 0 Å². The maximum atomic E-state index is 12.8. The number of rotatable bonds is 4. The van der Waals surface area contributed by atoms with Crippen LogP contribution in [0.3, 0.4) is 0 Å². The van der Waals surface area contributed by atoms with E-state index in [9.17, 15) is 17.6 Å². The van der Waals surface area contributed by atoms with E-state index in [1.54, 1.807) is 0 Å². The third-order valence-electron chi connectivity index (χ3n) is 3.29. The number of nitrogens with one attached hydrogen (secondary N) is 3. The number of hydrogen-bond acceptors (Lipinski definition) is 4. The Hall–Kier alpha value is -2.56. The largest absolute Gasteiger partial charge is 0.331 e. The van der Waals surface area contributed by atoms with Crippen LogP contribution in [-0.4, -0.2) is 37.8 Å². The number of thiocarbonyl (C=S) groups is 1. The Balaban J connectivity index is 1.93. The van der Waals surface area contributed by atoms with E-state index in [1.807, 2.05) is 0 Å². The van der Waals surface area contributed by atoms with Crippen LogP contribution in [0.5, 0.6) is 0 Å². The van der Waals surface area contributed by atoms with Gasteiger partial charge >= 0.3 is 0 Å². The van der Waals surface area contributed by atoms with Crippen molar-refractivity contribution in [3.63, 3.8) is 0 Å². The first kappa shape index (κ1) is 19.8. The number of nitrogens with zero attached hydrogens (tertiary/aromatic N) is 1. The van der Waals surface area contributed by atoms with Crippen LogP contribution >= 0.6 is 12.2 Å². The van der Waals surface area contributed by atoms with Crippen molar-refractivity contribution >= 4 is 38.9 Å². The zero-order valence-electron chi connectivity index (χ0n) is 14.0. The molecular weight excluding hydrogens is 379 g/mol. The molecule has 0 unspecified atom stereocenters. The molecule has 0 aliphatic carbocycles. The lowest BCUT2D eigenvalue weighted by molar-refractivity contribution is 0.0944. The summed E-state index contributed by atoms with van der Waals surface area (Å²) in [7, 11) is -0.703. The Kier molecular flexibility index (Phi) is 6.24. The first-order valence-corrected chi connectivity index (χ1v) is 9.20. The average molecular weight is 396 g/mol. The fourth-order valence-electron chi connectivity index (χ4n) is 1.87. The van der Waals surface area contributed by atoms with Crippen LogP contribution < -0.4 is 16.2 Å². The SMILES string of the molecule is CN(C)S(=O)(=O)c1ccc(C(=O)NNC(=S)Nc2ccc(F)cc2)cc1. The summed E-state index contributed by atoms with van der Waals surface area (Å²) in [5.41, 5.74) is 5.69. The van der Waals surface area contributed by atoms with Crippen molar-refractivity contribution in [3.8, 4) is 0 Å². The molecule has 7 nitrogen and oxygen atoms in total. The van der Waals surface area contributed by atoms with Crippen molar-refractivity contribution in [2.75, 3.05) is 19.4 Å². The number of hydrazine groups is 1. The summed E-state index contributed by atoms with van der Waals surface area (Å²) in [5, 5.41) is 2.88. The average Bonchev–Trinajstić information content (AvgIpc) is 2.61. The second kappa shape index (κ2) is 8.21. The molecule has 0 heterocycles. The molecule has 0 fully saturated rings. The quantitative estimate of drug-likeness (QED) is 0.538. The van der Waals surface area contributed by atoms with Gasteiger partial charge in [-0.25, -0.2) is 17.1 Å². The Morgan fingerprint density at radius 2 is 1.58 bits per heavy atom. The molecule has 138 valence electrons. The molecule has 3 N–H and O–H groups in total. The fourth-order valence-corrected chi connectivity index (χ4v) is 2.94. The predicted octanol–water partition coefficient (Wildman–Crippen LogP) is 1.71. The normalized spacial score (nSPS) is 11.1. The van der Waals surface area contributed by atoms with Gasteiger partial charge in [-0.15, -0.1) is 0 Å². The van der Waals surface area contributed by atoms with Gasteiger partial charge in [-0.2, -0.15) is 0 Å². The highest BCUT2D eigenvalue weighted by Crippen LogP contribution is 2.14.